The molecule has 0 aromatic rings. The molecule has 0 saturated carbocycles. The number of nitrogens with one attached hydrogen (secondary N) is 1. The molecule has 2 rings (SSSR count). The maximum absolute atomic E-state index is 12.3. The Kier molecular flexibility index (Phi) is 4.90. The number of amides is 2. The number of nitrogens with zero attached hydrogens (tertiary/aromatic N) is 2. The average Bonchev–Trinajstić information content (AvgIpc) is 2.73. The summed E-state index contributed by atoms with van der Waals surface area (Å²) in [7, 11) is -0.870. The van der Waals surface area contributed by atoms with Crippen LogP contribution in [0.25, 0.3) is 0 Å². The van der Waals surface area contributed by atoms with Crippen LogP contribution in [0.3, 0.4) is 0 Å². The van der Waals surface area contributed by atoms with Crippen LogP contribution in [-0.4, -0.2) is 74.5 Å². The lowest BCUT2D eigenvalue weighted by Crippen LogP contribution is -2.51. The smallest absolute Gasteiger partial charge is 0.317 e. The van der Waals surface area contributed by atoms with Crippen LogP contribution in [0, 0.1) is 0 Å². The van der Waals surface area contributed by atoms with Gasteiger partial charge in [0.2, 0.25) is 0 Å². The molecule has 0 spiro atoms. The highest BCUT2D eigenvalue weighted by Crippen LogP contribution is 2.18. The lowest BCUT2D eigenvalue weighted by molar-refractivity contribution is 0.169. The third-order valence-electron chi connectivity index (χ3n) is 4.30. The predicted molar refractivity (Wildman–Crippen MR) is 78.5 cm³/mol. The Hall–Kier alpha value is -0.820. The summed E-state index contributed by atoms with van der Waals surface area (Å²) in [6.07, 6.45) is 2.49. The number of rotatable bonds is 3. The van der Waals surface area contributed by atoms with Gasteiger partial charge < -0.3 is 15.1 Å². The van der Waals surface area contributed by atoms with Crippen molar-refractivity contribution in [3.05, 3.63) is 0 Å². The Balaban J connectivity index is 1.89. The molecule has 2 fully saturated rings. The first-order valence-electron chi connectivity index (χ1n) is 7.37. The Bertz CT molecular complexity index is 444. The average molecular weight is 303 g/mol. The summed E-state index contributed by atoms with van der Waals surface area (Å²) in [6.45, 7) is 4.45. The van der Waals surface area contributed by atoms with Crippen LogP contribution in [0.2, 0.25) is 0 Å². The van der Waals surface area contributed by atoms with Crippen molar-refractivity contribution in [2.24, 2.45) is 0 Å². The minimum atomic E-state index is -2.95. The maximum Gasteiger partial charge on any atom is 0.317 e. The van der Waals surface area contributed by atoms with Crippen LogP contribution in [0.4, 0.5) is 4.79 Å². The fraction of sp³-hybridized carbons (Fsp3) is 0.923. The van der Waals surface area contributed by atoms with Crippen LogP contribution in [-0.2, 0) is 9.84 Å². The van der Waals surface area contributed by atoms with E-state index in [-0.39, 0.29) is 29.6 Å². The number of urea groups is 1. The highest BCUT2D eigenvalue weighted by molar-refractivity contribution is 7.91. The van der Waals surface area contributed by atoms with Gasteiger partial charge in [-0.3, -0.25) is 0 Å². The summed E-state index contributed by atoms with van der Waals surface area (Å²) < 4.78 is 23.1. The van der Waals surface area contributed by atoms with E-state index in [1.807, 2.05) is 6.92 Å². The molecule has 2 amide bonds. The molecule has 0 aromatic carbocycles. The minimum Gasteiger partial charge on any atom is -0.335 e. The van der Waals surface area contributed by atoms with Gasteiger partial charge in [-0.25, -0.2) is 13.2 Å². The molecule has 0 radical (unpaired) electrons. The maximum atomic E-state index is 12.3. The van der Waals surface area contributed by atoms with Gasteiger partial charge in [0.1, 0.15) is 0 Å². The van der Waals surface area contributed by atoms with Crippen LogP contribution in [0.5, 0.6) is 0 Å². The third-order valence-corrected chi connectivity index (χ3v) is 6.05. The molecule has 6 nitrogen and oxygen atoms in total. The largest absolute Gasteiger partial charge is 0.335 e. The van der Waals surface area contributed by atoms with Crippen LogP contribution in [0.15, 0.2) is 0 Å². The van der Waals surface area contributed by atoms with Crippen LogP contribution < -0.4 is 5.32 Å². The van der Waals surface area contributed by atoms with Crippen molar-refractivity contribution >= 4 is 15.9 Å². The van der Waals surface area contributed by atoms with Crippen molar-refractivity contribution in [3.8, 4) is 0 Å². The first kappa shape index (κ1) is 15.6. The fourth-order valence-electron chi connectivity index (χ4n) is 3.00. The van der Waals surface area contributed by atoms with Gasteiger partial charge in [-0.1, -0.05) is 0 Å². The molecule has 2 aliphatic rings. The Labute approximate surface area is 121 Å². The quantitative estimate of drug-likeness (QED) is 0.814. The van der Waals surface area contributed by atoms with Gasteiger partial charge in [-0.2, -0.15) is 0 Å². The van der Waals surface area contributed by atoms with E-state index in [1.165, 1.54) is 0 Å². The monoisotopic (exact) mass is 303 g/mol. The number of hydrogen-bond acceptors (Lipinski definition) is 4. The van der Waals surface area contributed by atoms with E-state index < -0.39 is 9.84 Å². The summed E-state index contributed by atoms with van der Waals surface area (Å²) in [5.74, 6) is 0.317. The molecule has 1 N–H and O–H groups in total. The molecule has 20 heavy (non-hydrogen) atoms. The summed E-state index contributed by atoms with van der Waals surface area (Å²) in [5.41, 5.74) is 0. The van der Waals surface area contributed by atoms with E-state index in [1.54, 1.807) is 4.90 Å². The third kappa shape index (κ3) is 3.85. The highest BCUT2D eigenvalue weighted by atomic mass is 32.2. The number of hydrogen-bond donors (Lipinski definition) is 1. The molecular weight excluding hydrogens is 278 g/mol. The van der Waals surface area contributed by atoms with E-state index in [9.17, 15) is 13.2 Å². The Morgan fingerprint density at radius 3 is 2.45 bits per heavy atom. The summed E-state index contributed by atoms with van der Waals surface area (Å²) in [5, 5.41) is 3.06. The minimum absolute atomic E-state index is 0.107. The lowest BCUT2D eigenvalue weighted by Gasteiger charge is -2.33. The van der Waals surface area contributed by atoms with E-state index in [0.717, 1.165) is 25.9 Å². The molecule has 1 atom stereocenters. The SMILES string of the molecule is CCN(C(=O)NC1CCN(C)CC1)C1CCS(=O)(=O)C1. The van der Waals surface area contributed by atoms with Crippen LogP contribution >= 0.6 is 0 Å². The second-order valence-electron chi connectivity index (χ2n) is 5.87. The van der Waals surface area contributed by atoms with Gasteiger partial charge in [-0.15, -0.1) is 0 Å². The van der Waals surface area contributed by atoms with Gasteiger partial charge in [0, 0.05) is 18.6 Å². The lowest BCUT2D eigenvalue weighted by atomic mass is 10.1. The fourth-order valence-corrected chi connectivity index (χ4v) is 4.73. The van der Waals surface area contributed by atoms with Crippen molar-refractivity contribution in [1.29, 1.82) is 0 Å². The van der Waals surface area contributed by atoms with E-state index in [4.69, 9.17) is 0 Å². The summed E-state index contributed by atoms with van der Waals surface area (Å²) >= 11 is 0. The number of carbonyl (C=O) groups excluding carboxylic acids is 1. The van der Waals surface area contributed by atoms with E-state index >= 15 is 0 Å². The summed E-state index contributed by atoms with van der Waals surface area (Å²) in [4.78, 5) is 16.3. The molecule has 0 aromatic heterocycles. The number of piperidine rings is 1. The van der Waals surface area contributed by atoms with E-state index in [0.29, 0.717) is 13.0 Å². The van der Waals surface area contributed by atoms with Crippen molar-refractivity contribution in [1.82, 2.24) is 15.1 Å². The predicted octanol–water partition coefficient (Wildman–Crippen LogP) is 0.299. The standard InChI is InChI=1S/C13H25N3O3S/c1-3-16(12-6-9-20(18,19)10-12)13(17)14-11-4-7-15(2)8-5-11/h11-12H,3-10H2,1-2H3,(H,14,17). The van der Waals surface area contributed by atoms with Crippen molar-refractivity contribution in [3.63, 3.8) is 0 Å². The molecule has 2 heterocycles. The van der Waals surface area contributed by atoms with E-state index in [2.05, 4.69) is 17.3 Å². The molecule has 7 heteroatoms. The Morgan fingerprint density at radius 1 is 1.30 bits per heavy atom. The van der Waals surface area contributed by atoms with Crippen molar-refractivity contribution in [2.45, 2.75) is 38.3 Å². The van der Waals surface area contributed by atoms with Crippen molar-refractivity contribution in [2.75, 3.05) is 38.2 Å². The molecule has 1 unspecified atom stereocenters. The Morgan fingerprint density at radius 2 is 1.95 bits per heavy atom. The van der Waals surface area contributed by atoms with Gasteiger partial charge in [0.05, 0.1) is 11.5 Å². The molecular formula is C13H25N3O3S. The number of sulfone groups is 1. The van der Waals surface area contributed by atoms with Gasteiger partial charge in [-0.05, 0) is 46.3 Å². The van der Waals surface area contributed by atoms with Crippen molar-refractivity contribution < 1.29 is 13.2 Å². The first-order chi connectivity index (χ1) is 9.41. The first-order valence-corrected chi connectivity index (χ1v) is 9.19. The second-order valence-corrected chi connectivity index (χ2v) is 8.10. The second kappa shape index (κ2) is 6.30. The summed E-state index contributed by atoms with van der Waals surface area (Å²) in [6, 6.07) is -0.0498. The molecule has 0 aliphatic carbocycles. The zero-order valence-corrected chi connectivity index (χ0v) is 13.2. The topological polar surface area (TPSA) is 69.7 Å². The van der Waals surface area contributed by atoms with Gasteiger partial charge in [0.25, 0.3) is 0 Å². The molecule has 116 valence electrons. The number of likely N-dealkylation sites (tertiary alicyclic amines) is 1. The molecule has 0 bridgehead atoms. The van der Waals surface area contributed by atoms with Gasteiger partial charge in [0.15, 0.2) is 9.84 Å². The normalized spacial score (nSPS) is 27.4. The van der Waals surface area contributed by atoms with Crippen LogP contribution in [0.1, 0.15) is 26.2 Å². The highest BCUT2D eigenvalue weighted by Gasteiger charge is 2.34. The number of carbonyl (C=O) groups is 1. The zero-order valence-electron chi connectivity index (χ0n) is 12.3. The zero-order chi connectivity index (χ0) is 14.8. The molecule has 2 aliphatic heterocycles. The molecule has 2 saturated heterocycles. The van der Waals surface area contributed by atoms with Gasteiger partial charge >= 0.3 is 6.03 Å².